The summed E-state index contributed by atoms with van der Waals surface area (Å²) in [4.78, 5) is 11.8. The zero-order valence-electron chi connectivity index (χ0n) is 12.4. The van der Waals surface area contributed by atoms with E-state index < -0.39 is 5.60 Å². The van der Waals surface area contributed by atoms with E-state index >= 15 is 0 Å². The average Bonchev–Trinajstić information content (AvgIpc) is 2.77. The Morgan fingerprint density at radius 1 is 1.33 bits per heavy atom. The number of nitrogens with one attached hydrogen (secondary N) is 1. The second kappa shape index (κ2) is 6.95. The Hall–Kier alpha value is -1.53. The number of thioether (sulfide) groups is 1. The van der Waals surface area contributed by atoms with Crippen LogP contribution in [0.3, 0.4) is 0 Å². The van der Waals surface area contributed by atoms with Crippen LogP contribution < -0.4 is 5.69 Å². The molecule has 0 unspecified atom stereocenters. The molecule has 0 aliphatic carbocycles. The lowest BCUT2D eigenvalue weighted by Gasteiger charge is -2.15. The molecule has 6 heteroatoms. The van der Waals surface area contributed by atoms with Crippen molar-refractivity contribution >= 4 is 11.8 Å². The van der Waals surface area contributed by atoms with Gasteiger partial charge in [-0.05, 0) is 32.3 Å². The third-order valence-electron chi connectivity index (χ3n) is 3.14. The zero-order chi connectivity index (χ0) is 15.3. The van der Waals surface area contributed by atoms with E-state index in [1.54, 1.807) is 18.4 Å². The molecule has 0 atom stereocenters. The quantitative estimate of drug-likeness (QED) is 0.768. The Bertz CT molecular complexity index is 614. The van der Waals surface area contributed by atoms with Gasteiger partial charge in [0, 0.05) is 12.3 Å². The number of benzene rings is 1. The van der Waals surface area contributed by atoms with Gasteiger partial charge in [0.1, 0.15) is 0 Å². The number of hydrogen-bond acceptors (Lipinski definition) is 4. The number of nitrogens with zero attached hydrogens (tertiary/aromatic N) is 2. The van der Waals surface area contributed by atoms with Crippen LogP contribution >= 0.6 is 11.8 Å². The lowest BCUT2D eigenvalue weighted by molar-refractivity contribution is 0.0777. The van der Waals surface area contributed by atoms with E-state index in [2.05, 4.69) is 10.2 Å². The Morgan fingerprint density at radius 3 is 2.71 bits per heavy atom. The van der Waals surface area contributed by atoms with E-state index in [9.17, 15) is 9.90 Å². The molecule has 1 aromatic heterocycles. The molecule has 0 saturated heterocycles. The van der Waals surface area contributed by atoms with Crippen molar-refractivity contribution in [1.29, 1.82) is 0 Å². The highest BCUT2D eigenvalue weighted by Gasteiger charge is 2.14. The molecular weight excluding hydrogens is 286 g/mol. The first kappa shape index (κ1) is 15.9. The number of aromatic amines is 1. The maximum absolute atomic E-state index is 11.8. The third-order valence-corrected chi connectivity index (χ3v) is 4.11. The van der Waals surface area contributed by atoms with Crippen LogP contribution in [0.4, 0.5) is 0 Å². The summed E-state index contributed by atoms with van der Waals surface area (Å²) >= 11 is 1.49. The molecule has 0 aliphatic heterocycles. The minimum absolute atomic E-state index is 0.184. The number of aliphatic hydroxyl groups is 1. The lowest BCUT2D eigenvalue weighted by atomic mass is 10.1. The third kappa shape index (κ3) is 5.06. The molecule has 0 saturated carbocycles. The van der Waals surface area contributed by atoms with Crippen molar-refractivity contribution in [3.63, 3.8) is 0 Å². The van der Waals surface area contributed by atoms with Gasteiger partial charge in [0.05, 0.1) is 5.60 Å². The van der Waals surface area contributed by atoms with Gasteiger partial charge in [-0.3, -0.25) is 4.57 Å². The summed E-state index contributed by atoms with van der Waals surface area (Å²) in [6, 6.07) is 10.1. The minimum Gasteiger partial charge on any atom is -0.390 e. The summed E-state index contributed by atoms with van der Waals surface area (Å²) in [6.07, 6.45) is 1.44. The Morgan fingerprint density at radius 2 is 2.05 bits per heavy atom. The number of aromatic nitrogens is 3. The van der Waals surface area contributed by atoms with Crippen molar-refractivity contribution in [3.05, 3.63) is 46.4 Å². The summed E-state index contributed by atoms with van der Waals surface area (Å²) in [6.45, 7) is 4.16. The molecule has 21 heavy (non-hydrogen) atoms. The number of hydrogen-bond donors (Lipinski definition) is 2. The van der Waals surface area contributed by atoms with Gasteiger partial charge in [-0.15, -0.1) is 5.10 Å². The monoisotopic (exact) mass is 307 g/mol. The minimum atomic E-state index is -0.696. The molecule has 2 aromatic rings. The van der Waals surface area contributed by atoms with Gasteiger partial charge in [0.25, 0.3) is 0 Å². The number of rotatable bonds is 7. The average molecular weight is 307 g/mol. The molecule has 114 valence electrons. The van der Waals surface area contributed by atoms with E-state index in [1.165, 1.54) is 17.3 Å². The normalized spacial score (nSPS) is 11.8. The summed E-state index contributed by atoms with van der Waals surface area (Å²) in [7, 11) is 0. The molecule has 0 radical (unpaired) electrons. The molecule has 0 spiro atoms. The molecule has 0 bridgehead atoms. The standard InChI is InChI=1S/C15H21N3O2S/c1-15(2,20)9-11-21-14-17-16-13(19)18(14)10-8-12-6-4-3-5-7-12/h3-7,20H,8-11H2,1-2H3,(H,16,19). The largest absolute Gasteiger partial charge is 0.390 e. The van der Waals surface area contributed by atoms with Crippen molar-refractivity contribution in [1.82, 2.24) is 14.8 Å². The fourth-order valence-corrected chi connectivity index (χ4v) is 3.11. The molecule has 2 N–H and O–H groups in total. The lowest BCUT2D eigenvalue weighted by Crippen LogP contribution is -2.20. The molecule has 1 aromatic carbocycles. The Labute approximate surface area is 128 Å². The van der Waals surface area contributed by atoms with Gasteiger partial charge in [-0.2, -0.15) is 0 Å². The Kier molecular flexibility index (Phi) is 5.25. The molecule has 1 heterocycles. The molecule has 2 rings (SSSR count). The topological polar surface area (TPSA) is 70.9 Å². The van der Waals surface area contributed by atoms with Gasteiger partial charge in [0.2, 0.25) is 0 Å². The summed E-state index contributed by atoms with van der Waals surface area (Å²) in [5, 5.41) is 16.9. The first-order valence-electron chi connectivity index (χ1n) is 7.00. The highest BCUT2D eigenvalue weighted by molar-refractivity contribution is 7.99. The van der Waals surface area contributed by atoms with E-state index in [0.717, 1.165) is 12.2 Å². The molecule has 0 aliphatic rings. The predicted molar refractivity (Wildman–Crippen MR) is 84.6 cm³/mol. The molecule has 0 amide bonds. The van der Waals surface area contributed by atoms with Crippen LogP contribution in [0.1, 0.15) is 25.8 Å². The molecule has 5 nitrogen and oxygen atoms in total. The fraction of sp³-hybridized carbons (Fsp3) is 0.467. The van der Waals surface area contributed by atoms with Gasteiger partial charge in [-0.25, -0.2) is 9.89 Å². The van der Waals surface area contributed by atoms with Crippen molar-refractivity contribution < 1.29 is 5.11 Å². The predicted octanol–water partition coefficient (Wildman–Crippen LogP) is 2.07. The van der Waals surface area contributed by atoms with Crippen molar-refractivity contribution in [2.75, 3.05) is 5.75 Å². The smallest absolute Gasteiger partial charge is 0.343 e. The molecular formula is C15H21N3O2S. The fourth-order valence-electron chi connectivity index (χ4n) is 1.89. The summed E-state index contributed by atoms with van der Waals surface area (Å²) in [5.41, 5.74) is 0.313. The second-order valence-corrected chi connectivity index (χ2v) is 6.67. The van der Waals surface area contributed by atoms with Gasteiger partial charge >= 0.3 is 5.69 Å². The number of aryl methyl sites for hydroxylation is 1. The van der Waals surface area contributed by atoms with Crippen molar-refractivity contribution in [2.24, 2.45) is 0 Å². The van der Waals surface area contributed by atoms with Crippen molar-refractivity contribution in [3.8, 4) is 0 Å². The highest BCUT2D eigenvalue weighted by atomic mass is 32.2. The maximum Gasteiger partial charge on any atom is 0.343 e. The van der Waals surface area contributed by atoms with Gasteiger partial charge in [0.15, 0.2) is 5.16 Å². The molecule has 0 fully saturated rings. The van der Waals surface area contributed by atoms with Crippen LogP contribution in [0.25, 0.3) is 0 Å². The first-order chi connectivity index (χ1) is 9.96. The van der Waals surface area contributed by atoms with E-state index in [4.69, 9.17) is 0 Å². The zero-order valence-corrected chi connectivity index (χ0v) is 13.2. The van der Waals surface area contributed by atoms with E-state index in [1.807, 2.05) is 30.3 Å². The number of H-pyrrole nitrogens is 1. The SMILES string of the molecule is CC(C)(O)CCSc1n[nH]c(=O)n1CCc1ccccc1. The van der Waals surface area contributed by atoms with Crippen LogP contribution in [0.2, 0.25) is 0 Å². The summed E-state index contributed by atoms with van der Waals surface area (Å²) < 4.78 is 1.65. The van der Waals surface area contributed by atoms with Gasteiger partial charge < -0.3 is 5.11 Å². The second-order valence-electron chi connectivity index (χ2n) is 5.61. The van der Waals surface area contributed by atoms with Crippen LogP contribution in [0.15, 0.2) is 40.3 Å². The first-order valence-corrected chi connectivity index (χ1v) is 7.98. The van der Waals surface area contributed by atoms with E-state index in [-0.39, 0.29) is 5.69 Å². The highest BCUT2D eigenvalue weighted by Crippen LogP contribution is 2.19. The van der Waals surface area contributed by atoms with E-state index in [0.29, 0.717) is 18.1 Å². The van der Waals surface area contributed by atoms with Crippen LogP contribution in [-0.2, 0) is 13.0 Å². The van der Waals surface area contributed by atoms with Crippen LogP contribution in [0, 0.1) is 0 Å². The van der Waals surface area contributed by atoms with Crippen LogP contribution in [0.5, 0.6) is 0 Å². The van der Waals surface area contributed by atoms with Crippen molar-refractivity contribution in [2.45, 2.75) is 44.0 Å². The summed E-state index contributed by atoms with van der Waals surface area (Å²) in [5.74, 6) is 0.721. The van der Waals surface area contributed by atoms with Gasteiger partial charge in [-0.1, -0.05) is 42.1 Å². The van der Waals surface area contributed by atoms with Crippen LogP contribution in [-0.4, -0.2) is 31.2 Å². The maximum atomic E-state index is 11.8. The Balaban J connectivity index is 1.96.